The van der Waals surface area contributed by atoms with Crippen molar-refractivity contribution in [3.63, 3.8) is 0 Å². The van der Waals surface area contributed by atoms with E-state index in [2.05, 4.69) is 9.72 Å². The van der Waals surface area contributed by atoms with Crippen molar-refractivity contribution in [3.05, 3.63) is 68.9 Å². The van der Waals surface area contributed by atoms with Gasteiger partial charge in [-0.1, -0.05) is 12.1 Å². The van der Waals surface area contributed by atoms with Crippen LogP contribution in [0.5, 0.6) is 5.75 Å². The van der Waals surface area contributed by atoms with E-state index in [1.807, 2.05) is 0 Å². The van der Waals surface area contributed by atoms with Crippen molar-refractivity contribution < 1.29 is 27.6 Å². The van der Waals surface area contributed by atoms with Gasteiger partial charge in [-0.15, -0.1) is 13.2 Å². The molecule has 2 heterocycles. The summed E-state index contributed by atoms with van der Waals surface area (Å²) < 4.78 is 48.1. The predicted molar refractivity (Wildman–Crippen MR) is 88.9 cm³/mol. The maximum absolute atomic E-state index is 12.3. The summed E-state index contributed by atoms with van der Waals surface area (Å²) in [6.07, 6.45) is -0.686. The van der Waals surface area contributed by atoms with Crippen LogP contribution in [0.15, 0.2) is 47.7 Å². The molecule has 12 heteroatoms. The first kappa shape index (κ1) is 19.4. The molecule has 0 unspecified atom stereocenters. The zero-order valence-corrected chi connectivity index (χ0v) is 14.1. The first-order valence-electron chi connectivity index (χ1n) is 7.88. The number of hydrogen-bond acceptors (Lipinski definition) is 6. The molecule has 0 radical (unpaired) electrons. The number of nitrogens with zero attached hydrogens (tertiary/aromatic N) is 4. The Bertz CT molecular complexity index is 1040. The zero-order chi connectivity index (χ0) is 20.3. The number of ether oxygens (including phenoxy) is 2. The Hall–Kier alpha value is -3.41. The Labute approximate surface area is 154 Å². The molecule has 3 aromatic rings. The van der Waals surface area contributed by atoms with E-state index in [0.717, 1.165) is 6.20 Å². The van der Waals surface area contributed by atoms with E-state index in [9.17, 15) is 28.1 Å². The van der Waals surface area contributed by atoms with E-state index < -0.39 is 22.7 Å². The van der Waals surface area contributed by atoms with E-state index in [0.29, 0.717) is 5.56 Å². The van der Waals surface area contributed by atoms with Gasteiger partial charge in [0.1, 0.15) is 11.9 Å². The Kier molecular flexibility index (Phi) is 5.31. The number of benzene rings is 1. The smallest absolute Gasteiger partial charge is 0.406 e. The number of imidazole rings is 1. The molecule has 0 saturated carbocycles. The van der Waals surface area contributed by atoms with Gasteiger partial charge in [0.25, 0.3) is 0 Å². The lowest BCUT2D eigenvalue weighted by Gasteiger charge is -2.10. The zero-order valence-electron chi connectivity index (χ0n) is 14.1. The van der Waals surface area contributed by atoms with Crippen LogP contribution < -0.4 is 10.3 Å². The van der Waals surface area contributed by atoms with Gasteiger partial charge in [0.2, 0.25) is 0 Å². The van der Waals surface area contributed by atoms with Crippen LogP contribution in [0.2, 0.25) is 0 Å². The summed E-state index contributed by atoms with van der Waals surface area (Å²) in [6.45, 7) is 0.434. The molecule has 0 aliphatic heterocycles. The lowest BCUT2D eigenvalue weighted by molar-refractivity contribution is -0.389. The average molecular weight is 398 g/mol. The third kappa shape index (κ3) is 4.65. The lowest BCUT2D eigenvalue weighted by atomic mass is 10.2. The molecule has 0 N–H and O–H groups in total. The van der Waals surface area contributed by atoms with Crippen LogP contribution in [0.4, 0.5) is 19.0 Å². The molecule has 3 rings (SSSR count). The van der Waals surface area contributed by atoms with Crippen LogP contribution in [0.25, 0.3) is 5.65 Å². The summed E-state index contributed by atoms with van der Waals surface area (Å²) in [5.41, 5.74) is 0.0449. The van der Waals surface area contributed by atoms with Crippen molar-refractivity contribution in [1.29, 1.82) is 0 Å². The van der Waals surface area contributed by atoms with E-state index in [1.165, 1.54) is 45.6 Å². The van der Waals surface area contributed by atoms with Crippen LogP contribution in [-0.2, 0) is 17.9 Å². The number of aromatic nitrogens is 3. The molecular formula is C16H13F3N4O5. The van der Waals surface area contributed by atoms with E-state index in [1.54, 1.807) is 0 Å². The molecule has 2 aromatic heterocycles. The van der Waals surface area contributed by atoms with Gasteiger partial charge in [0, 0.05) is 18.9 Å². The SMILES string of the molecule is O=c1c2nc([N+](=O)[O-])cn2ccn1CCOCc1ccc(OC(F)(F)F)cc1. The van der Waals surface area contributed by atoms with Crippen molar-refractivity contribution in [3.8, 4) is 5.75 Å². The highest BCUT2D eigenvalue weighted by Gasteiger charge is 2.30. The number of halogens is 3. The second kappa shape index (κ2) is 7.68. The molecule has 148 valence electrons. The fraction of sp³-hybridized carbons (Fsp3) is 0.250. The van der Waals surface area contributed by atoms with E-state index in [4.69, 9.17) is 4.74 Å². The highest BCUT2D eigenvalue weighted by Crippen LogP contribution is 2.22. The normalized spacial score (nSPS) is 11.7. The van der Waals surface area contributed by atoms with Gasteiger partial charge >= 0.3 is 23.4 Å². The Morgan fingerprint density at radius 1 is 1.18 bits per heavy atom. The number of hydrogen-bond donors (Lipinski definition) is 0. The second-order valence-electron chi connectivity index (χ2n) is 5.63. The predicted octanol–water partition coefficient (Wildman–Crippen LogP) is 2.52. The van der Waals surface area contributed by atoms with Gasteiger partial charge in [-0.05, 0) is 27.6 Å². The van der Waals surface area contributed by atoms with Crippen molar-refractivity contribution in [1.82, 2.24) is 14.0 Å². The lowest BCUT2D eigenvalue weighted by Crippen LogP contribution is -2.23. The first-order valence-corrected chi connectivity index (χ1v) is 7.88. The highest BCUT2D eigenvalue weighted by atomic mass is 19.4. The van der Waals surface area contributed by atoms with Gasteiger partial charge in [-0.3, -0.25) is 9.20 Å². The molecule has 1 aromatic carbocycles. The van der Waals surface area contributed by atoms with Crippen LogP contribution in [-0.4, -0.2) is 31.8 Å². The van der Waals surface area contributed by atoms with E-state index in [-0.39, 0.29) is 31.2 Å². The molecular weight excluding hydrogens is 385 g/mol. The fourth-order valence-electron chi connectivity index (χ4n) is 2.41. The highest BCUT2D eigenvalue weighted by molar-refractivity contribution is 5.41. The summed E-state index contributed by atoms with van der Waals surface area (Å²) in [5, 5.41) is 10.7. The van der Waals surface area contributed by atoms with Crippen LogP contribution in [0.3, 0.4) is 0 Å². The fourth-order valence-corrected chi connectivity index (χ4v) is 2.41. The average Bonchev–Trinajstić information content (AvgIpc) is 3.06. The second-order valence-corrected chi connectivity index (χ2v) is 5.63. The summed E-state index contributed by atoms with van der Waals surface area (Å²) in [7, 11) is 0. The molecule has 0 fully saturated rings. The van der Waals surface area contributed by atoms with Crippen LogP contribution in [0.1, 0.15) is 5.56 Å². The third-order valence-electron chi connectivity index (χ3n) is 3.67. The molecule has 0 aliphatic rings. The van der Waals surface area contributed by atoms with Gasteiger partial charge < -0.3 is 24.2 Å². The van der Waals surface area contributed by atoms with Crippen molar-refractivity contribution in [2.24, 2.45) is 0 Å². The molecule has 9 nitrogen and oxygen atoms in total. The Balaban J connectivity index is 1.56. The minimum absolute atomic E-state index is 0.0746. The maximum Gasteiger partial charge on any atom is 0.573 e. The molecule has 0 atom stereocenters. The number of rotatable bonds is 7. The Morgan fingerprint density at radius 3 is 2.54 bits per heavy atom. The van der Waals surface area contributed by atoms with Gasteiger partial charge in [0.05, 0.1) is 13.2 Å². The topological polar surface area (TPSA) is 101 Å². The van der Waals surface area contributed by atoms with Crippen LogP contribution >= 0.6 is 0 Å². The maximum atomic E-state index is 12.3. The summed E-state index contributed by atoms with van der Waals surface area (Å²) >= 11 is 0. The first-order chi connectivity index (χ1) is 13.2. The Morgan fingerprint density at radius 2 is 1.89 bits per heavy atom. The quantitative estimate of drug-likeness (QED) is 0.344. The molecule has 0 spiro atoms. The molecule has 0 bridgehead atoms. The van der Waals surface area contributed by atoms with Gasteiger partial charge in [-0.2, -0.15) is 0 Å². The monoisotopic (exact) mass is 398 g/mol. The summed E-state index contributed by atoms with van der Waals surface area (Å²) in [4.78, 5) is 26.0. The largest absolute Gasteiger partial charge is 0.573 e. The summed E-state index contributed by atoms with van der Waals surface area (Å²) in [6, 6.07) is 5.22. The van der Waals surface area contributed by atoms with E-state index >= 15 is 0 Å². The minimum atomic E-state index is -4.75. The number of fused-ring (bicyclic) bond motifs is 1. The molecule has 0 saturated heterocycles. The minimum Gasteiger partial charge on any atom is -0.406 e. The van der Waals surface area contributed by atoms with Gasteiger partial charge in [-0.25, -0.2) is 0 Å². The number of alkyl halides is 3. The van der Waals surface area contributed by atoms with Crippen molar-refractivity contribution >= 4 is 11.5 Å². The standard InChI is InChI=1S/C16H13F3N4O5/c17-16(18,19)28-12-3-1-11(2-4-12)10-27-8-7-21-5-6-22-9-13(23(25)26)20-14(22)15(21)24/h1-6,9H,7-8,10H2. The molecule has 28 heavy (non-hydrogen) atoms. The number of nitro groups is 1. The van der Waals surface area contributed by atoms with Crippen LogP contribution in [0, 0.1) is 10.1 Å². The summed E-state index contributed by atoms with van der Waals surface area (Å²) in [5.74, 6) is -0.756. The van der Waals surface area contributed by atoms with Gasteiger partial charge in [0.15, 0.2) is 0 Å². The van der Waals surface area contributed by atoms with Crippen molar-refractivity contribution in [2.45, 2.75) is 19.5 Å². The van der Waals surface area contributed by atoms with Crippen molar-refractivity contribution in [2.75, 3.05) is 6.61 Å². The third-order valence-corrected chi connectivity index (χ3v) is 3.67. The molecule has 0 amide bonds. The molecule has 0 aliphatic carbocycles.